The highest BCUT2D eigenvalue weighted by molar-refractivity contribution is 5.74. The van der Waals surface area contributed by atoms with Crippen molar-refractivity contribution in [1.82, 2.24) is 29.6 Å². The van der Waals surface area contributed by atoms with Gasteiger partial charge in [0.25, 0.3) is 0 Å². The van der Waals surface area contributed by atoms with E-state index in [0.29, 0.717) is 30.2 Å². The minimum Gasteiger partial charge on any atom is -0.480 e. The lowest BCUT2D eigenvalue weighted by molar-refractivity contribution is 0.0860. The Bertz CT molecular complexity index is 1060. The number of fused-ring (bicyclic) bond motifs is 1. The number of nitrogens with zero attached hydrogens (tertiary/aromatic N) is 5. The number of H-pyrrole nitrogens is 1. The molecular formula is C17H19N7O4. The lowest BCUT2D eigenvalue weighted by atomic mass is 10.1. The second-order valence-corrected chi connectivity index (χ2v) is 6.25. The van der Waals surface area contributed by atoms with E-state index in [-0.39, 0.29) is 11.6 Å². The van der Waals surface area contributed by atoms with Crippen molar-refractivity contribution >= 4 is 28.9 Å². The van der Waals surface area contributed by atoms with E-state index in [2.05, 4.69) is 25.3 Å². The summed E-state index contributed by atoms with van der Waals surface area (Å²) in [6.07, 6.45) is 5.36. The Morgan fingerprint density at radius 3 is 2.86 bits per heavy atom. The SMILES string of the molecule is COc1ncccc1Nc1ncc2[nH]c(=O)n(OC(=O)N3CCCCC3)c2n1. The summed E-state index contributed by atoms with van der Waals surface area (Å²) < 4.78 is 6.03. The van der Waals surface area contributed by atoms with Crippen LogP contribution in [0.5, 0.6) is 5.88 Å². The van der Waals surface area contributed by atoms with Crippen LogP contribution in [0.15, 0.2) is 29.3 Å². The van der Waals surface area contributed by atoms with Gasteiger partial charge in [0.2, 0.25) is 17.5 Å². The van der Waals surface area contributed by atoms with Crippen LogP contribution in [0.25, 0.3) is 11.2 Å². The molecule has 1 aliphatic rings. The highest BCUT2D eigenvalue weighted by Crippen LogP contribution is 2.23. The first kappa shape index (κ1) is 17.8. The van der Waals surface area contributed by atoms with Crippen LogP contribution in [-0.4, -0.2) is 55.9 Å². The van der Waals surface area contributed by atoms with Crippen molar-refractivity contribution in [3.63, 3.8) is 0 Å². The third kappa shape index (κ3) is 3.46. The largest absolute Gasteiger partial charge is 0.480 e. The molecule has 0 aliphatic carbocycles. The number of nitrogens with one attached hydrogen (secondary N) is 2. The van der Waals surface area contributed by atoms with Crippen molar-refractivity contribution in [3.8, 4) is 5.88 Å². The molecule has 4 rings (SSSR count). The molecule has 1 aliphatic heterocycles. The van der Waals surface area contributed by atoms with Gasteiger partial charge in [-0.3, -0.25) is 0 Å². The molecule has 4 heterocycles. The lowest BCUT2D eigenvalue weighted by Gasteiger charge is -2.25. The third-order valence-electron chi connectivity index (χ3n) is 4.38. The van der Waals surface area contributed by atoms with Crippen LogP contribution in [0, 0.1) is 0 Å². The van der Waals surface area contributed by atoms with Crippen molar-refractivity contribution in [1.29, 1.82) is 0 Å². The fourth-order valence-corrected chi connectivity index (χ4v) is 3.00. The maximum Gasteiger partial charge on any atom is 0.434 e. The summed E-state index contributed by atoms with van der Waals surface area (Å²) >= 11 is 0. The number of amides is 1. The quantitative estimate of drug-likeness (QED) is 0.688. The molecule has 3 aromatic rings. The molecule has 146 valence electrons. The second-order valence-electron chi connectivity index (χ2n) is 6.25. The summed E-state index contributed by atoms with van der Waals surface area (Å²) in [5.74, 6) is 0.565. The first-order chi connectivity index (χ1) is 13.7. The molecule has 28 heavy (non-hydrogen) atoms. The maximum absolute atomic E-state index is 12.4. The zero-order chi connectivity index (χ0) is 19.5. The first-order valence-electron chi connectivity index (χ1n) is 8.87. The Hall–Kier alpha value is -3.63. The van der Waals surface area contributed by atoms with Gasteiger partial charge in [-0.05, 0) is 31.4 Å². The second kappa shape index (κ2) is 7.55. The zero-order valence-corrected chi connectivity index (χ0v) is 15.2. The summed E-state index contributed by atoms with van der Waals surface area (Å²) in [6.45, 7) is 1.22. The summed E-state index contributed by atoms with van der Waals surface area (Å²) in [5, 5.41) is 2.98. The Labute approximate surface area is 159 Å². The van der Waals surface area contributed by atoms with Crippen molar-refractivity contribution < 1.29 is 14.4 Å². The lowest BCUT2D eigenvalue weighted by Crippen LogP contribution is -2.42. The molecule has 0 bridgehead atoms. The van der Waals surface area contributed by atoms with Crippen LogP contribution in [0.4, 0.5) is 16.4 Å². The van der Waals surface area contributed by atoms with Crippen LogP contribution in [0.3, 0.4) is 0 Å². The molecule has 3 aromatic heterocycles. The average Bonchev–Trinajstić information content (AvgIpc) is 3.04. The number of piperidine rings is 1. The summed E-state index contributed by atoms with van der Waals surface area (Å²) in [4.78, 5) is 46.6. The molecule has 0 saturated carbocycles. The summed E-state index contributed by atoms with van der Waals surface area (Å²) in [6, 6.07) is 3.48. The molecule has 0 radical (unpaired) electrons. The minimum absolute atomic E-state index is 0.149. The van der Waals surface area contributed by atoms with Gasteiger partial charge < -0.3 is 24.8 Å². The van der Waals surface area contributed by atoms with Crippen LogP contribution in [0.1, 0.15) is 19.3 Å². The number of methoxy groups -OCH3 is 1. The number of likely N-dealkylation sites (tertiary alicyclic amines) is 1. The van der Waals surface area contributed by atoms with E-state index < -0.39 is 11.8 Å². The van der Waals surface area contributed by atoms with Crippen molar-refractivity contribution in [2.24, 2.45) is 0 Å². The number of hydrogen-bond acceptors (Lipinski definition) is 8. The van der Waals surface area contributed by atoms with E-state index in [4.69, 9.17) is 9.57 Å². The molecule has 1 fully saturated rings. The first-order valence-corrected chi connectivity index (χ1v) is 8.87. The van der Waals surface area contributed by atoms with Crippen molar-refractivity contribution in [2.75, 3.05) is 25.5 Å². The minimum atomic E-state index is -0.606. The number of aromatic amines is 1. The summed E-state index contributed by atoms with van der Waals surface area (Å²) in [7, 11) is 1.50. The number of rotatable bonds is 4. The van der Waals surface area contributed by atoms with Gasteiger partial charge in [-0.15, -0.1) is 0 Å². The van der Waals surface area contributed by atoms with Gasteiger partial charge >= 0.3 is 11.8 Å². The van der Waals surface area contributed by atoms with Crippen LogP contribution >= 0.6 is 0 Å². The van der Waals surface area contributed by atoms with E-state index in [0.717, 1.165) is 24.0 Å². The zero-order valence-electron chi connectivity index (χ0n) is 15.2. The Morgan fingerprint density at radius 2 is 2.07 bits per heavy atom. The van der Waals surface area contributed by atoms with E-state index in [9.17, 15) is 9.59 Å². The predicted octanol–water partition coefficient (Wildman–Crippen LogP) is 1.30. The van der Waals surface area contributed by atoms with E-state index in [1.165, 1.54) is 13.3 Å². The molecule has 2 N–H and O–H groups in total. The van der Waals surface area contributed by atoms with E-state index >= 15 is 0 Å². The topological polar surface area (TPSA) is 127 Å². The van der Waals surface area contributed by atoms with Crippen LogP contribution in [0.2, 0.25) is 0 Å². The van der Waals surface area contributed by atoms with Gasteiger partial charge in [0.15, 0.2) is 0 Å². The summed E-state index contributed by atoms with van der Waals surface area (Å²) in [5.41, 5.74) is 0.445. The highest BCUT2D eigenvalue weighted by Gasteiger charge is 2.21. The number of pyridine rings is 1. The Morgan fingerprint density at radius 1 is 1.25 bits per heavy atom. The molecule has 1 saturated heterocycles. The van der Waals surface area contributed by atoms with E-state index in [1.54, 1.807) is 23.2 Å². The third-order valence-corrected chi connectivity index (χ3v) is 4.38. The molecule has 0 aromatic carbocycles. The Kier molecular flexibility index (Phi) is 4.79. The fraction of sp³-hybridized carbons (Fsp3) is 0.353. The highest BCUT2D eigenvalue weighted by atomic mass is 16.7. The molecule has 1 amide bonds. The maximum atomic E-state index is 12.4. The van der Waals surface area contributed by atoms with Gasteiger partial charge in [0.05, 0.1) is 13.3 Å². The van der Waals surface area contributed by atoms with E-state index in [1.807, 2.05) is 0 Å². The molecular weight excluding hydrogens is 366 g/mol. The van der Waals surface area contributed by atoms with Crippen LogP contribution in [-0.2, 0) is 0 Å². The van der Waals surface area contributed by atoms with Crippen molar-refractivity contribution in [3.05, 3.63) is 35.0 Å². The normalized spacial score (nSPS) is 14.1. The molecule has 0 unspecified atom stereocenters. The van der Waals surface area contributed by atoms with Gasteiger partial charge in [-0.25, -0.2) is 19.6 Å². The standard InChI is InChI=1S/C17H19N7O4/c1-27-14-11(6-5-7-18-14)20-15-19-10-12-13(22-15)24(16(25)21-12)28-17(26)23-8-3-2-4-9-23/h5-7,10H,2-4,8-9H2,1H3,(H,21,25)(H,19,20,22). The number of aromatic nitrogens is 5. The van der Waals surface area contributed by atoms with Gasteiger partial charge in [0, 0.05) is 19.3 Å². The average molecular weight is 385 g/mol. The fourth-order valence-electron chi connectivity index (χ4n) is 3.00. The molecule has 0 atom stereocenters. The monoisotopic (exact) mass is 385 g/mol. The van der Waals surface area contributed by atoms with Gasteiger partial charge in [-0.2, -0.15) is 4.98 Å². The van der Waals surface area contributed by atoms with Crippen LogP contribution < -0.4 is 20.6 Å². The molecule has 11 heteroatoms. The number of anilines is 2. The van der Waals surface area contributed by atoms with Gasteiger partial charge in [0.1, 0.15) is 11.2 Å². The number of carbonyl (C=O) groups excluding carboxylic acids is 1. The molecule has 0 spiro atoms. The Balaban J connectivity index is 1.62. The number of hydrogen-bond donors (Lipinski definition) is 2. The number of carbonyl (C=O) groups is 1. The smallest absolute Gasteiger partial charge is 0.434 e. The number of ether oxygens (including phenoxy) is 1. The number of imidazole rings is 1. The molecule has 11 nitrogen and oxygen atoms in total. The predicted molar refractivity (Wildman–Crippen MR) is 99.6 cm³/mol. The van der Waals surface area contributed by atoms with Crippen molar-refractivity contribution in [2.45, 2.75) is 19.3 Å². The van der Waals surface area contributed by atoms with Gasteiger partial charge in [-0.1, -0.05) is 4.73 Å².